The van der Waals surface area contributed by atoms with E-state index in [1.165, 1.54) is 22.3 Å². The summed E-state index contributed by atoms with van der Waals surface area (Å²) in [5.41, 5.74) is 5.68. The van der Waals surface area contributed by atoms with Crippen LogP contribution in [0.1, 0.15) is 58.9 Å². The molecule has 3 heteroatoms. The summed E-state index contributed by atoms with van der Waals surface area (Å²) in [5, 5.41) is 9.57. The van der Waals surface area contributed by atoms with Gasteiger partial charge in [-0.25, -0.2) is 0 Å². The first-order valence-electron chi connectivity index (χ1n) is 11.7. The van der Waals surface area contributed by atoms with Crippen molar-refractivity contribution in [1.82, 2.24) is 4.90 Å². The fourth-order valence-electron chi connectivity index (χ4n) is 6.77. The van der Waals surface area contributed by atoms with E-state index in [1.54, 1.807) is 0 Å². The number of benzene rings is 3. The number of hydrogen-bond donors (Lipinski definition) is 0. The molecule has 1 aliphatic heterocycles. The van der Waals surface area contributed by atoms with E-state index < -0.39 is 0 Å². The molecule has 1 heterocycles. The quantitative estimate of drug-likeness (QED) is 0.554. The number of rotatable bonds is 3. The average Bonchev–Trinajstić information content (AvgIpc) is 3.13. The summed E-state index contributed by atoms with van der Waals surface area (Å²) in [6.07, 6.45) is 3.31. The number of carbonyl (C=O) groups is 1. The second-order valence-corrected chi connectivity index (χ2v) is 9.50. The zero-order valence-corrected chi connectivity index (χ0v) is 18.0. The van der Waals surface area contributed by atoms with Crippen LogP contribution >= 0.6 is 0 Å². The van der Waals surface area contributed by atoms with Crippen molar-refractivity contribution in [1.29, 1.82) is 5.26 Å². The van der Waals surface area contributed by atoms with Crippen LogP contribution in [0.3, 0.4) is 0 Å². The molecule has 32 heavy (non-hydrogen) atoms. The van der Waals surface area contributed by atoms with Crippen molar-refractivity contribution in [2.24, 2.45) is 11.8 Å². The maximum atomic E-state index is 14.1. The topological polar surface area (TPSA) is 44.1 Å². The SMILES string of the molecule is N#Cc1ccc2c(c1)[C@@H]1CCC[C@H]3[C@@H]1[C@H](C(=O)N3Cc1ccccc1)[C@@H]2c1ccccc1. The van der Waals surface area contributed by atoms with Crippen LogP contribution in [-0.4, -0.2) is 16.8 Å². The van der Waals surface area contributed by atoms with Crippen LogP contribution in [0.25, 0.3) is 0 Å². The molecule has 3 aliphatic rings. The predicted molar refractivity (Wildman–Crippen MR) is 124 cm³/mol. The molecule has 1 saturated heterocycles. The summed E-state index contributed by atoms with van der Waals surface area (Å²) in [7, 11) is 0. The van der Waals surface area contributed by atoms with E-state index in [0.29, 0.717) is 24.3 Å². The number of fused-ring (bicyclic) bond motifs is 2. The number of nitriles is 1. The molecule has 1 amide bonds. The fraction of sp³-hybridized carbons (Fsp3) is 0.310. The Balaban J connectivity index is 1.50. The molecule has 2 fully saturated rings. The summed E-state index contributed by atoms with van der Waals surface area (Å²) in [6, 6.07) is 29.7. The average molecular weight is 419 g/mol. The lowest BCUT2D eigenvalue weighted by molar-refractivity contribution is -0.133. The third-order valence-corrected chi connectivity index (χ3v) is 7.97. The molecule has 3 nitrogen and oxygen atoms in total. The molecule has 0 N–H and O–H groups in total. The number of carbonyl (C=O) groups excluding carboxylic acids is 1. The molecule has 158 valence electrons. The molecule has 0 bridgehead atoms. The summed E-state index contributed by atoms with van der Waals surface area (Å²) < 4.78 is 0. The van der Waals surface area contributed by atoms with Crippen molar-refractivity contribution in [2.75, 3.05) is 0 Å². The Hall–Kier alpha value is -3.38. The van der Waals surface area contributed by atoms with Crippen LogP contribution < -0.4 is 0 Å². The zero-order valence-electron chi connectivity index (χ0n) is 18.0. The van der Waals surface area contributed by atoms with E-state index in [2.05, 4.69) is 71.6 Å². The Labute approximate surface area is 189 Å². The molecule has 5 atom stereocenters. The minimum atomic E-state index is -0.0307. The summed E-state index contributed by atoms with van der Waals surface area (Å²) in [5.74, 6) is 0.990. The van der Waals surface area contributed by atoms with E-state index in [-0.39, 0.29) is 17.9 Å². The Bertz CT molecular complexity index is 1200. The molecular weight excluding hydrogens is 392 g/mol. The van der Waals surface area contributed by atoms with Gasteiger partial charge < -0.3 is 4.90 Å². The van der Waals surface area contributed by atoms with Crippen molar-refractivity contribution in [3.05, 3.63) is 107 Å². The minimum absolute atomic E-state index is 0.0307. The van der Waals surface area contributed by atoms with Gasteiger partial charge in [0.05, 0.1) is 17.6 Å². The normalized spacial score (nSPS) is 28.0. The molecule has 0 radical (unpaired) electrons. The van der Waals surface area contributed by atoms with Crippen LogP contribution in [0.2, 0.25) is 0 Å². The highest BCUT2D eigenvalue weighted by molar-refractivity contribution is 5.85. The monoisotopic (exact) mass is 418 g/mol. The van der Waals surface area contributed by atoms with Crippen molar-refractivity contribution in [3.8, 4) is 6.07 Å². The van der Waals surface area contributed by atoms with Crippen LogP contribution in [0.5, 0.6) is 0 Å². The maximum absolute atomic E-state index is 14.1. The van der Waals surface area contributed by atoms with E-state index in [1.807, 2.05) is 18.2 Å². The van der Waals surface area contributed by atoms with Gasteiger partial charge in [0.1, 0.15) is 0 Å². The molecule has 2 aliphatic carbocycles. The molecule has 1 saturated carbocycles. The Morgan fingerprint density at radius 2 is 1.66 bits per heavy atom. The third-order valence-electron chi connectivity index (χ3n) is 7.97. The van der Waals surface area contributed by atoms with Gasteiger partial charge in [-0.05, 0) is 59.1 Å². The molecule has 0 aromatic heterocycles. The first-order valence-corrected chi connectivity index (χ1v) is 11.7. The lowest BCUT2D eigenvalue weighted by atomic mass is 9.58. The third kappa shape index (κ3) is 2.90. The first kappa shape index (κ1) is 19.3. The van der Waals surface area contributed by atoms with Crippen LogP contribution in [0.4, 0.5) is 0 Å². The van der Waals surface area contributed by atoms with Crippen molar-refractivity contribution in [3.63, 3.8) is 0 Å². The predicted octanol–water partition coefficient (Wildman–Crippen LogP) is 5.61. The Kier molecular flexibility index (Phi) is 4.61. The van der Waals surface area contributed by atoms with Gasteiger partial charge in [-0.2, -0.15) is 5.26 Å². The van der Waals surface area contributed by atoms with Gasteiger partial charge in [0.15, 0.2) is 0 Å². The standard InChI is InChI=1S/C29H26N2O/c30-17-20-14-15-23-24(16-20)22-12-7-13-25-27(22)28(26(23)21-10-5-2-6-11-21)29(32)31(25)18-19-8-3-1-4-9-19/h1-6,8-11,14-16,22,25-28H,7,12-13,18H2/t22-,25-,26+,27+,28+/m0/s1. The van der Waals surface area contributed by atoms with Crippen molar-refractivity contribution < 1.29 is 4.79 Å². The van der Waals surface area contributed by atoms with Crippen molar-refractivity contribution in [2.45, 2.75) is 43.7 Å². The maximum Gasteiger partial charge on any atom is 0.227 e. The highest BCUT2D eigenvalue weighted by atomic mass is 16.2. The molecule has 3 aromatic carbocycles. The summed E-state index contributed by atoms with van der Waals surface area (Å²) in [4.78, 5) is 16.3. The summed E-state index contributed by atoms with van der Waals surface area (Å²) >= 11 is 0. The molecule has 0 spiro atoms. The fourth-order valence-corrected chi connectivity index (χ4v) is 6.77. The Morgan fingerprint density at radius 1 is 0.906 bits per heavy atom. The van der Waals surface area contributed by atoms with E-state index >= 15 is 0 Å². The van der Waals surface area contributed by atoms with Gasteiger partial charge in [0, 0.05) is 18.5 Å². The highest BCUT2D eigenvalue weighted by Gasteiger charge is 2.58. The van der Waals surface area contributed by atoms with E-state index in [9.17, 15) is 10.1 Å². The number of likely N-dealkylation sites (tertiary alicyclic amines) is 1. The van der Waals surface area contributed by atoms with Gasteiger partial charge in [0.25, 0.3) is 0 Å². The first-order chi connectivity index (χ1) is 15.8. The zero-order chi connectivity index (χ0) is 21.7. The summed E-state index contributed by atoms with van der Waals surface area (Å²) in [6.45, 7) is 0.686. The second-order valence-electron chi connectivity index (χ2n) is 9.50. The lowest BCUT2D eigenvalue weighted by Gasteiger charge is -2.45. The highest BCUT2D eigenvalue weighted by Crippen LogP contribution is 2.59. The molecule has 0 unspecified atom stereocenters. The largest absolute Gasteiger partial charge is 0.335 e. The van der Waals surface area contributed by atoms with E-state index in [4.69, 9.17) is 0 Å². The lowest BCUT2D eigenvalue weighted by Crippen LogP contribution is -2.40. The van der Waals surface area contributed by atoms with Gasteiger partial charge in [-0.15, -0.1) is 0 Å². The molecule has 6 rings (SSSR count). The van der Waals surface area contributed by atoms with Crippen LogP contribution in [0.15, 0.2) is 78.9 Å². The minimum Gasteiger partial charge on any atom is -0.335 e. The van der Waals surface area contributed by atoms with Gasteiger partial charge in [0.2, 0.25) is 5.91 Å². The molecular formula is C29H26N2O. The Morgan fingerprint density at radius 3 is 2.41 bits per heavy atom. The van der Waals surface area contributed by atoms with Gasteiger partial charge >= 0.3 is 0 Å². The van der Waals surface area contributed by atoms with Crippen molar-refractivity contribution >= 4 is 5.91 Å². The number of nitrogens with zero attached hydrogens (tertiary/aromatic N) is 2. The molecule has 3 aromatic rings. The van der Waals surface area contributed by atoms with E-state index in [0.717, 1.165) is 24.8 Å². The second kappa shape index (κ2) is 7.64. The van der Waals surface area contributed by atoms with Gasteiger partial charge in [-0.3, -0.25) is 4.79 Å². The van der Waals surface area contributed by atoms with Crippen LogP contribution in [0, 0.1) is 23.2 Å². The van der Waals surface area contributed by atoms with Crippen LogP contribution in [-0.2, 0) is 11.3 Å². The number of hydrogen-bond acceptors (Lipinski definition) is 2. The van der Waals surface area contributed by atoms with Gasteiger partial charge in [-0.1, -0.05) is 73.2 Å². The smallest absolute Gasteiger partial charge is 0.227 e. The number of amides is 1.